The lowest BCUT2D eigenvalue weighted by molar-refractivity contribution is -0.137. The summed E-state index contributed by atoms with van der Waals surface area (Å²) in [6.07, 6.45) is -1.40. The van der Waals surface area contributed by atoms with Gasteiger partial charge in [-0.1, -0.05) is 31.0 Å². The third kappa shape index (κ3) is 4.59. The number of nitrogens with one attached hydrogen (secondary N) is 2. The summed E-state index contributed by atoms with van der Waals surface area (Å²) in [7, 11) is 0. The summed E-state index contributed by atoms with van der Waals surface area (Å²) >= 11 is 1.30. The summed E-state index contributed by atoms with van der Waals surface area (Å²) in [5.74, 6) is -0.335. The molecule has 0 aromatic heterocycles. The predicted octanol–water partition coefficient (Wildman–Crippen LogP) is 3.24. The van der Waals surface area contributed by atoms with Crippen LogP contribution < -0.4 is 15.5 Å². The average molecular weight is 495 g/mol. The largest absolute Gasteiger partial charge is 0.416 e. The standard InChI is InChI=1S/C23H25F3N4O3S/c1-3-16-18(4-2)34-19-6-5-14(23(24,25)26)11-17(19)30(16)13-15(31)12-29-9-7-22(8-10-29)20(32)27-21(33)28-22/h3-6,11,15,31H,1-2,7-10,12-13H2,(H2,27,28,32,33). The highest BCUT2D eigenvalue weighted by atomic mass is 32.2. The quantitative estimate of drug-likeness (QED) is 0.527. The molecular weight excluding hydrogens is 469 g/mol. The molecule has 7 nitrogen and oxygen atoms in total. The number of carbonyl (C=O) groups is 2. The molecule has 3 aliphatic rings. The Labute approximate surface area is 199 Å². The molecule has 1 aromatic rings. The highest BCUT2D eigenvalue weighted by molar-refractivity contribution is 8.03. The van der Waals surface area contributed by atoms with Crippen LogP contribution >= 0.6 is 11.8 Å². The Hall–Kier alpha value is -2.76. The van der Waals surface area contributed by atoms with Crippen molar-refractivity contribution in [3.63, 3.8) is 0 Å². The highest BCUT2D eigenvalue weighted by Crippen LogP contribution is 2.46. The van der Waals surface area contributed by atoms with E-state index in [-0.39, 0.29) is 19.0 Å². The molecule has 0 bridgehead atoms. The number of benzene rings is 1. The molecule has 11 heteroatoms. The fourth-order valence-corrected chi connectivity index (χ4v) is 5.57. The lowest BCUT2D eigenvalue weighted by atomic mass is 9.87. The first-order valence-corrected chi connectivity index (χ1v) is 11.6. The van der Waals surface area contributed by atoms with Crippen LogP contribution in [-0.2, 0) is 11.0 Å². The van der Waals surface area contributed by atoms with Crippen LogP contribution in [0.2, 0.25) is 0 Å². The molecule has 3 aliphatic heterocycles. The fraction of sp³-hybridized carbons (Fsp3) is 0.391. The first kappa shape index (κ1) is 24.4. The molecule has 2 saturated heterocycles. The number of nitrogens with zero attached hydrogens (tertiary/aromatic N) is 2. The molecule has 1 atom stereocenters. The number of alkyl halides is 3. The van der Waals surface area contributed by atoms with Gasteiger partial charge in [-0.3, -0.25) is 10.1 Å². The smallest absolute Gasteiger partial charge is 0.390 e. The van der Waals surface area contributed by atoms with E-state index in [1.807, 2.05) is 4.90 Å². The maximum atomic E-state index is 13.4. The number of rotatable bonds is 6. The van der Waals surface area contributed by atoms with Crippen LogP contribution in [0.3, 0.4) is 0 Å². The molecule has 3 N–H and O–H groups in total. The number of allylic oxidation sites excluding steroid dienone is 2. The number of anilines is 1. The first-order chi connectivity index (χ1) is 16.1. The summed E-state index contributed by atoms with van der Waals surface area (Å²) in [6, 6.07) is 3.06. The number of hydrogen-bond donors (Lipinski definition) is 3. The average Bonchev–Trinajstić information content (AvgIpc) is 3.06. The van der Waals surface area contributed by atoms with Crippen molar-refractivity contribution in [2.24, 2.45) is 0 Å². The molecule has 0 saturated carbocycles. The van der Waals surface area contributed by atoms with Crippen molar-refractivity contribution in [1.82, 2.24) is 15.5 Å². The van der Waals surface area contributed by atoms with Gasteiger partial charge in [-0.15, -0.1) is 0 Å². The zero-order chi connectivity index (χ0) is 24.7. The van der Waals surface area contributed by atoms with Gasteiger partial charge in [0.2, 0.25) is 0 Å². The summed E-state index contributed by atoms with van der Waals surface area (Å²) in [4.78, 5) is 28.6. The second-order valence-corrected chi connectivity index (χ2v) is 9.58. The minimum Gasteiger partial charge on any atom is -0.390 e. The first-order valence-electron chi connectivity index (χ1n) is 10.8. The van der Waals surface area contributed by atoms with Gasteiger partial charge >= 0.3 is 12.2 Å². The molecule has 3 heterocycles. The van der Waals surface area contributed by atoms with Gasteiger partial charge in [-0.25, -0.2) is 4.79 Å². The zero-order valence-electron chi connectivity index (χ0n) is 18.3. The molecular formula is C23H25F3N4O3S. The SMILES string of the molecule is C=CC1=C(C=C)N(CC(O)CN2CCC3(CC2)NC(=O)NC3=O)c2cc(C(F)(F)F)ccc2S1. The van der Waals surface area contributed by atoms with E-state index in [0.717, 1.165) is 17.0 Å². The number of hydrogen-bond acceptors (Lipinski definition) is 6. The molecule has 2 fully saturated rings. The normalized spacial score (nSPS) is 21.2. The summed E-state index contributed by atoms with van der Waals surface area (Å²) in [5.41, 5.74) is -0.751. The van der Waals surface area contributed by atoms with E-state index in [9.17, 15) is 27.9 Å². The summed E-state index contributed by atoms with van der Waals surface area (Å²) in [6.45, 7) is 8.88. The molecule has 0 aliphatic carbocycles. The number of imide groups is 1. The van der Waals surface area contributed by atoms with Gasteiger partial charge in [-0.2, -0.15) is 13.2 Å². The van der Waals surface area contributed by atoms with Crippen molar-refractivity contribution >= 4 is 29.4 Å². The van der Waals surface area contributed by atoms with E-state index in [1.54, 1.807) is 17.1 Å². The van der Waals surface area contributed by atoms with Crippen molar-refractivity contribution in [1.29, 1.82) is 0 Å². The minimum atomic E-state index is -4.49. The van der Waals surface area contributed by atoms with Gasteiger partial charge in [0.05, 0.1) is 29.6 Å². The Morgan fingerprint density at radius 1 is 1.18 bits per heavy atom. The lowest BCUT2D eigenvalue weighted by Crippen LogP contribution is -2.56. The molecule has 0 radical (unpaired) electrons. The highest BCUT2D eigenvalue weighted by Gasteiger charge is 2.48. The van der Waals surface area contributed by atoms with E-state index >= 15 is 0 Å². The maximum absolute atomic E-state index is 13.4. The third-order valence-corrected chi connectivity index (χ3v) is 7.47. The van der Waals surface area contributed by atoms with Gasteiger partial charge in [0, 0.05) is 29.4 Å². The van der Waals surface area contributed by atoms with Gasteiger partial charge in [-0.05, 0) is 37.1 Å². The molecule has 4 rings (SSSR count). The number of urea groups is 1. The van der Waals surface area contributed by atoms with Crippen molar-refractivity contribution in [2.45, 2.75) is 35.6 Å². The molecule has 34 heavy (non-hydrogen) atoms. The Morgan fingerprint density at radius 2 is 1.88 bits per heavy atom. The number of aliphatic hydroxyl groups excluding tert-OH is 1. The molecule has 3 amide bonds. The number of amides is 3. The topological polar surface area (TPSA) is 84.9 Å². The van der Waals surface area contributed by atoms with Gasteiger partial charge in [0.25, 0.3) is 5.91 Å². The number of aliphatic hydroxyl groups is 1. The van der Waals surface area contributed by atoms with Crippen LogP contribution in [0.4, 0.5) is 23.7 Å². The minimum absolute atomic E-state index is 0.0480. The van der Waals surface area contributed by atoms with E-state index in [2.05, 4.69) is 23.8 Å². The van der Waals surface area contributed by atoms with Crippen molar-refractivity contribution in [2.75, 3.05) is 31.1 Å². The fourth-order valence-electron chi connectivity index (χ4n) is 4.54. The van der Waals surface area contributed by atoms with Crippen LogP contribution in [0.5, 0.6) is 0 Å². The lowest BCUT2D eigenvalue weighted by Gasteiger charge is -2.39. The summed E-state index contributed by atoms with van der Waals surface area (Å²) < 4.78 is 40.1. The molecule has 1 aromatic carbocycles. The number of thioether (sulfide) groups is 1. The van der Waals surface area contributed by atoms with E-state index in [0.29, 0.717) is 42.2 Å². The van der Waals surface area contributed by atoms with E-state index in [1.165, 1.54) is 17.8 Å². The van der Waals surface area contributed by atoms with Crippen LogP contribution in [0, 0.1) is 0 Å². The Balaban J connectivity index is 1.50. The number of fused-ring (bicyclic) bond motifs is 1. The Kier molecular flexibility index (Phi) is 6.54. The van der Waals surface area contributed by atoms with Crippen LogP contribution in [0.25, 0.3) is 0 Å². The van der Waals surface area contributed by atoms with Crippen LogP contribution in [0.15, 0.2) is 59.0 Å². The van der Waals surface area contributed by atoms with Crippen molar-refractivity contribution in [3.8, 4) is 0 Å². The van der Waals surface area contributed by atoms with E-state index < -0.39 is 29.4 Å². The maximum Gasteiger partial charge on any atom is 0.416 e. The van der Waals surface area contributed by atoms with Crippen LogP contribution in [-0.4, -0.2) is 59.8 Å². The number of β-amino-alcohol motifs (C(OH)–C–C–N with tert-alkyl or cyclic N) is 1. The third-order valence-electron chi connectivity index (χ3n) is 6.31. The second kappa shape index (κ2) is 9.12. The van der Waals surface area contributed by atoms with Crippen LogP contribution in [0.1, 0.15) is 18.4 Å². The Morgan fingerprint density at radius 3 is 2.44 bits per heavy atom. The van der Waals surface area contributed by atoms with Gasteiger partial charge in [0.1, 0.15) is 5.54 Å². The number of carbonyl (C=O) groups excluding carboxylic acids is 2. The molecule has 1 spiro atoms. The monoisotopic (exact) mass is 494 g/mol. The predicted molar refractivity (Wildman–Crippen MR) is 123 cm³/mol. The van der Waals surface area contributed by atoms with Gasteiger partial charge < -0.3 is 20.2 Å². The summed E-state index contributed by atoms with van der Waals surface area (Å²) in [5, 5.41) is 15.8. The number of piperidine rings is 1. The van der Waals surface area contributed by atoms with Crippen molar-refractivity contribution in [3.05, 3.63) is 59.7 Å². The Bertz CT molecular complexity index is 1060. The van der Waals surface area contributed by atoms with E-state index in [4.69, 9.17) is 0 Å². The van der Waals surface area contributed by atoms with Crippen molar-refractivity contribution < 1.29 is 27.9 Å². The van der Waals surface area contributed by atoms with Gasteiger partial charge in [0.15, 0.2) is 0 Å². The zero-order valence-corrected chi connectivity index (χ0v) is 19.1. The molecule has 1 unspecified atom stereocenters. The second-order valence-electron chi connectivity index (χ2n) is 8.50. The number of likely N-dealkylation sites (tertiary alicyclic amines) is 1. The number of halogens is 3. The molecule has 182 valence electrons.